The van der Waals surface area contributed by atoms with Gasteiger partial charge in [-0.05, 0) is 107 Å². The van der Waals surface area contributed by atoms with Crippen LogP contribution in [0.5, 0.6) is 0 Å². The van der Waals surface area contributed by atoms with E-state index in [2.05, 4.69) is 54.6 Å². The quantitative estimate of drug-likeness (QED) is 0.0176. The number of aliphatic hydroxyl groups excluding tert-OH is 19. The lowest BCUT2D eigenvalue weighted by molar-refractivity contribution is -0.329. The summed E-state index contributed by atoms with van der Waals surface area (Å²) >= 11 is 18.8. The number of aliphatic hydroxyl groups is 19. The van der Waals surface area contributed by atoms with E-state index in [9.17, 15) is 97.0 Å². The third-order valence-corrected chi connectivity index (χ3v) is 30.7. The Morgan fingerprint density at radius 3 is 1.50 bits per heavy atom. The van der Waals surface area contributed by atoms with E-state index in [-0.39, 0.29) is 136 Å². The van der Waals surface area contributed by atoms with Gasteiger partial charge >= 0.3 is 0 Å². The van der Waals surface area contributed by atoms with Crippen LogP contribution in [0.4, 0.5) is 0 Å². The van der Waals surface area contributed by atoms with Crippen molar-refractivity contribution in [1.29, 1.82) is 0 Å². The van der Waals surface area contributed by atoms with Gasteiger partial charge in [-0.3, -0.25) is 0 Å². The van der Waals surface area contributed by atoms with Gasteiger partial charge in [0.05, 0.1) is 188 Å². The van der Waals surface area contributed by atoms with Crippen molar-refractivity contribution in [2.24, 2.45) is 11.7 Å². The van der Waals surface area contributed by atoms with E-state index in [1.807, 2.05) is 42.4 Å². The van der Waals surface area contributed by atoms with Crippen molar-refractivity contribution >= 4 is 34.8 Å². The van der Waals surface area contributed by atoms with Crippen LogP contribution >= 0.6 is 34.8 Å². The lowest BCUT2D eigenvalue weighted by Gasteiger charge is -2.54. The Kier molecular flexibility index (Phi) is 37.9. The van der Waals surface area contributed by atoms with Crippen LogP contribution in [-0.4, -0.2) is 420 Å². The number of rotatable bonds is 28. The molecule has 15 aliphatic rings. The molecule has 0 aliphatic carbocycles. The predicted octanol–water partition coefficient (Wildman–Crippen LogP) is -1.90. The standard InChI is InChI=1S/C96H136Cl3NO35/c1-3-4-15-23-47(98)75(109)79(113)80(114)76(110)49(102)35-50(103)88(135-96-85(119)78(112)74(43-101)132-96)51(104)38-70-77(111)81(115)82(116)94(131-70)95-84(118)83(117)93-62(130-95)31-30-61(129-93)90-54(107)39-72-87(133-90)48(99)34-71(126-72)91-55(108)40-73-92(134-91)53(106)36-64(125-73)57-26-27-58-63(121-57)33-44(2)86(127-58)59-28-29-60-89(128-59)52(105)37-65-67(123-60)42-68-69(124-65)41-66-56(122-68)25-24-46(120-66)22-18-14-17-21-45(100)20-16-12-10-8-6-5-7-9-11-13-19-32-97/h1,8,10,12,14,16-19,22,32,44-96,101-119H,7,9,20-21,23-31,33-43,100H2,2H3. The fourth-order valence-corrected chi connectivity index (χ4v) is 23.3. The van der Waals surface area contributed by atoms with Crippen molar-refractivity contribution in [2.75, 3.05) is 6.61 Å². The topological polar surface area (TPSA) is 558 Å². The number of fused-ring (bicyclic) bond motifs is 8. The Bertz CT molecular complexity index is 4180. The molecule has 0 saturated carbocycles. The van der Waals surface area contributed by atoms with E-state index in [1.54, 1.807) is 6.08 Å². The molecule has 0 amide bonds. The summed E-state index contributed by atoms with van der Waals surface area (Å²) < 4.78 is 104. The first-order valence-corrected chi connectivity index (χ1v) is 49.4. The lowest BCUT2D eigenvalue weighted by Crippen LogP contribution is -2.70. The number of hydrogen-bond donors (Lipinski definition) is 20. The first-order valence-electron chi connectivity index (χ1n) is 48.0. The van der Waals surface area contributed by atoms with Crippen LogP contribution < -0.4 is 5.73 Å². The molecule has 0 aromatic carbocycles. The van der Waals surface area contributed by atoms with Crippen molar-refractivity contribution in [1.82, 2.24) is 0 Å². The molecule has 15 saturated heterocycles. The fourth-order valence-electron chi connectivity index (χ4n) is 22.6. The van der Waals surface area contributed by atoms with Crippen molar-refractivity contribution in [3.05, 3.63) is 60.2 Å². The highest BCUT2D eigenvalue weighted by atomic mass is 35.5. The summed E-state index contributed by atoms with van der Waals surface area (Å²) in [6.07, 6.45) is -26.7. The Hall–Kier alpha value is -3.63. The highest BCUT2D eigenvalue weighted by molar-refractivity contribution is 6.25. The zero-order valence-electron chi connectivity index (χ0n) is 75.2. The molecule has 756 valence electrons. The van der Waals surface area contributed by atoms with Gasteiger partial charge in [0.15, 0.2) is 6.29 Å². The van der Waals surface area contributed by atoms with E-state index in [0.717, 1.165) is 25.7 Å². The van der Waals surface area contributed by atoms with Gasteiger partial charge in [-0.25, -0.2) is 0 Å². The average Bonchev–Trinajstić information content (AvgIpc) is 1.51. The van der Waals surface area contributed by atoms with Gasteiger partial charge in [0.2, 0.25) is 0 Å². The number of alkyl halides is 2. The Labute approximate surface area is 800 Å². The summed E-state index contributed by atoms with van der Waals surface area (Å²) in [6.45, 7) is 1.30. The number of hydrogen-bond acceptors (Lipinski definition) is 36. The molecule has 15 aliphatic heterocycles. The minimum absolute atomic E-state index is 0.0104. The molecule has 21 N–H and O–H groups in total. The summed E-state index contributed by atoms with van der Waals surface area (Å²) in [5.41, 5.74) is 7.76. The third-order valence-electron chi connectivity index (χ3n) is 29.8. The minimum Gasteiger partial charge on any atom is -0.394 e. The second kappa shape index (κ2) is 48.4. The number of ether oxygens (including phenoxy) is 16. The molecule has 0 spiro atoms. The van der Waals surface area contributed by atoms with Crippen molar-refractivity contribution < 1.29 is 173 Å². The summed E-state index contributed by atoms with van der Waals surface area (Å²) in [5, 5.41) is 212. The van der Waals surface area contributed by atoms with Crippen molar-refractivity contribution in [3.63, 3.8) is 0 Å². The van der Waals surface area contributed by atoms with Gasteiger partial charge in [0, 0.05) is 82.2 Å². The van der Waals surface area contributed by atoms with Crippen LogP contribution in [0.1, 0.15) is 155 Å². The first kappa shape index (κ1) is 106. The van der Waals surface area contributed by atoms with Crippen LogP contribution in [0, 0.1) is 53.8 Å². The minimum atomic E-state index is -2.35. The smallest absolute Gasteiger partial charge is 0.187 e. The number of halogens is 3. The normalized spacial score (nSPS) is 46.6. The van der Waals surface area contributed by atoms with Crippen LogP contribution in [-0.2, 0) is 75.8 Å². The van der Waals surface area contributed by atoms with E-state index in [1.165, 1.54) is 5.54 Å². The maximum Gasteiger partial charge on any atom is 0.187 e. The molecule has 15 rings (SSSR count). The maximum atomic E-state index is 12.0. The molecule has 0 aromatic heterocycles. The molecule has 0 radical (unpaired) electrons. The largest absolute Gasteiger partial charge is 0.394 e. The number of allylic oxidation sites excluding steroid dienone is 6. The summed E-state index contributed by atoms with van der Waals surface area (Å²) in [5.74, 6) is 18.6. The molecule has 0 bridgehead atoms. The van der Waals surface area contributed by atoms with E-state index in [4.69, 9.17) is 123 Å². The van der Waals surface area contributed by atoms with Gasteiger partial charge in [0.25, 0.3) is 0 Å². The SMILES string of the molecule is C#CC#CCC(Cl)C(O)C(O)C(O)C(O)C(O)CC(O)C(OC1OC(CO)C(O)C1O)C(O)CC1OC(C2OC3CCC(C4OC5C(Cl)CC(C6OC7C(O)CC(C8CCC9OC(C%10CCC%11OC%12CC%13OC%14CCC(C=CC=CCC(N)CC=CC=CC#CCCC#CC=CCl)OC%14CC%13OC%12CC(O)C%11O%10)C(C)CC9O8)OC7CC6O)OC5CC4O)OC3C(O)C2O)C(O)C(O)C1O. The first-order chi connectivity index (χ1) is 64.9. The number of unbranched alkanes of at least 4 members (excludes halogenated alkanes) is 1. The van der Waals surface area contributed by atoms with Crippen LogP contribution in [0.2, 0.25) is 0 Å². The number of terminal acetylenes is 1. The highest BCUT2D eigenvalue weighted by Gasteiger charge is 2.62. The third kappa shape index (κ3) is 25.0. The van der Waals surface area contributed by atoms with Gasteiger partial charge in [-0.1, -0.05) is 90.7 Å². The lowest BCUT2D eigenvalue weighted by atomic mass is 9.81. The predicted molar refractivity (Wildman–Crippen MR) is 476 cm³/mol. The highest BCUT2D eigenvalue weighted by Crippen LogP contribution is 2.49. The summed E-state index contributed by atoms with van der Waals surface area (Å²) in [7, 11) is 0. The van der Waals surface area contributed by atoms with Gasteiger partial charge in [-0.2, -0.15) is 0 Å². The molecule has 0 aromatic rings. The summed E-state index contributed by atoms with van der Waals surface area (Å²) in [4.78, 5) is 0. The van der Waals surface area contributed by atoms with E-state index in [0.29, 0.717) is 64.2 Å². The number of nitrogens with two attached hydrogens (primary N) is 1. The van der Waals surface area contributed by atoms with Crippen molar-refractivity contribution in [3.8, 4) is 47.9 Å². The molecule has 39 heteroatoms. The Balaban J connectivity index is 0.481. The molecular weight excluding hydrogens is 1830 g/mol. The molecule has 15 heterocycles. The van der Waals surface area contributed by atoms with Gasteiger partial charge in [-0.15, -0.1) is 29.6 Å². The second-order valence-electron chi connectivity index (χ2n) is 39.1. The second-order valence-corrected chi connectivity index (χ2v) is 40.5. The monoisotopic (exact) mass is 1970 g/mol. The average molecular weight is 1970 g/mol. The van der Waals surface area contributed by atoms with Crippen LogP contribution in [0.3, 0.4) is 0 Å². The van der Waals surface area contributed by atoms with Crippen molar-refractivity contribution in [2.45, 2.75) is 471 Å². The van der Waals surface area contributed by atoms with Crippen LogP contribution in [0.15, 0.2) is 60.2 Å². The molecule has 53 unspecified atom stereocenters. The maximum absolute atomic E-state index is 12.0. The summed E-state index contributed by atoms with van der Waals surface area (Å²) in [6, 6.07) is -0.0104. The molecule has 53 atom stereocenters. The molecule has 135 heavy (non-hydrogen) atoms. The van der Waals surface area contributed by atoms with E-state index >= 15 is 0 Å². The Morgan fingerprint density at radius 2 is 0.859 bits per heavy atom. The van der Waals surface area contributed by atoms with Crippen LogP contribution in [0.25, 0.3) is 0 Å². The molecule has 15 fully saturated rings. The van der Waals surface area contributed by atoms with E-state index < -0.39 is 250 Å². The van der Waals surface area contributed by atoms with Gasteiger partial charge < -0.3 is 179 Å². The molecular formula is C96H136Cl3NO35. The van der Waals surface area contributed by atoms with Gasteiger partial charge in [0.1, 0.15) is 122 Å². The molecule has 36 nitrogen and oxygen atoms in total. The fraction of sp³-hybridized carbons (Fsp3) is 0.812. The zero-order valence-corrected chi connectivity index (χ0v) is 77.4. The zero-order chi connectivity index (χ0) is 95.9. The Morgan fingerprint density at radius 1 is 0.407 bits per heavy atom.